The lowest BCUT2D eigenvalue weighted by Crippen LogP contribution is -2.15. The molecule has 2 heteroatoms. The normalized spacial score (nSPS) is 20.4. The van der Waals surface area contributed by atoms with Gasteiger partial charge in [-0.05, 0) is 44.8 Å². The highest BCUT2D eigenvalue weighted by atomic mass is 16.7. The van der Waals surface area contributed by atoms with Crippen molar-refractivity contribution in [2.45, 2.75) is 51.2 Å². The van der Waals surface area contributed by atoms with Gasteiger partial charge in [-0.2, -0.15) is 0 Å². The van der Waals surface area contributed by atoms with Gasteiger partial charge in [0.15, 0.2) is 0 Å². The summed E-state index contributed by atoms with van der Waals surface area (Å²) in [6.45, 7) is 3.87. The van der Waals surface area contributed by atoms with Gasteiger partial charge in [-0.1, -0.05) is 0 Å². The fraction of sp³-hybridized carbons (Fsp3) is 0.615. The molecule has 0 aromatic heterocycles. The Morgan fingerprint density at radius 1 is 1.07 bits per heavy atom. The Kier molecular flexibility index (Phi) is 3.70. The molecule has 0 aromatic rings. The van der Waals surface area contributed by atoms with Gasteiger partial charge in [0.1, 0.15) is 0 Å². The number of hydrogen-bond acceptors (Lipinski definition) is 2. The smallest absolute Gasteiger partial charge is 0.240 e. The van der Waals surface area contributed by atoms with Gasteiger partial charge in [-0.3, -0.25) is 0 Å². The highest BCUT2D eigenvalue weighted by molar-refractivity contribution is 5.02. The second-order valence-corrected chi connectivity index (χ2v) is 4.08. The van der Waals surface area contributed by atoms with Crippen molar-refractivity contribution in [1.29, 1.82) is 0 Å². The minimum absolute atomic E-state index is 0.182. The molecule has 83 valence electrons. The molecule has 0 bridgehead atoms. The maximum Gasteiger partial charge on any atom is 0.240 e. The zero-order valence-electron chi connectivity index (χ0n) is 9.21. The summed E-state index contributed by atoms with van der Waals surface area (Å²) in [4.78, 5) is 0. The molecule has 2 aliphatic carbocycles. The van der Waals surface area contributed by atoms with Crippen LogP contribution in [0.1, 0.15) is 44.9 Å². The lowest BCUT2D eigenvalue weighted by atomic mass is 10.3. The first-order chi connectivity index (χ1) is 7.38. The van der Waals surface area contributed by atoms with Crippen molar-refractivity contribution in [2.24, 2.45) is 0 Å². The molecular weight excluding hydrogens is 188 g/mol. The van der Waals surface area contributed by atoms with Crippen LogP contribution in [0.2, 0.25) is 0 Å². The Labute approximate surface area is 92.0 Å². The summed E-state index contributed by atoms with van der Waals surface area (Å²) in [5, 5.41) is 0. The molecule has 0 N–H and O–H groups in total. The van der Waals surface area contributed by atoms with Crippen LogP contribution in [0.15, 0.2) is 23.7 Å². The topological polar surface area (TPSA) is 18.5 Å². The van der Waals surface area contributed by atoms with E-state index in [1.807, 2.05) is 0 Å². The van der Waals surface area contributed by atoms with E-state index in [1.165, 1.54) is 12.8 Å². The van der Waals surface area contributed by atoms with Gasteiger partial charge in [0.25, 0.3) is 0 Å². The average molecular weight is 207 g/mol. The van der Waals surface area contributed by atoms with Gasteiger partial charge in [0, 0.05) is 19.3 Å². The van der Waals surface area contributed by atoms with Gasteiger partial charge in [0.05, 0.1) is 11.5 Å². The van der Waals surface area contributed by atoms with Gasteiger partial charge in [0.2, 0.25) is 6.29 Å². The molecule has 0 heterocycles. The molecule has 0 unspecified atom stereocenters. The second-order valence-electron chi connectivity index (χ2n) is 4.08. The zero-order chi connectivity index (χ0) is 10.5. The molecule has 2 nitrogen and oxygen atoms in total. The minimum Gasteiger partial charge on any atom is -0.460 e. The highest BCUT2D eigenvalue weighted by Gasteiger charge is 2.16. The molecule has 0 aromatic carbocycles. The SMILES string of the molecule is [CH2]CC(OC1=CCCC1)OC1=CCCC1. The van der Waals surface area contributed by atoms with Gasteiger partial charge >= 0.3 is 0 Å². The van der Waals surface area contributed by atoms with E-state index in [1.54, 1.807) is 0 Å². The number of allylic oxidation sites excluding steroid dienone is 4. The van der Waals surface area contributed by atoms with Gasteiger partial charge in [-0.15, -0.1) is 0 Å². The third kappa shape index (κ3) is 3.01. The van der Waals surface area contributed by atoms with Gasteiger partial charge in [-0.25, -0.2) is 0 Å². The van der Waals surface area contributed by atoms with Crippen molar-refractivity contribution in [1.82, 2.24) is 0 Å². The predicted molar refractivity (Wildman–Crippen MR) is 59.8 cm³/mol. The summed E-state index contributed by atoms with van der Waals surface area (Å²) < 4.78 is 11.5. The molecule has 0 saturated heterocycles. The van der Waals surface area contributed by atoms with E-state index in [2.05, 4.69) is 19.1 Å². The first-order valence-corrected chi connectivity index (χ1v) is 5.89. The Bertz CT molecular complexity index is 240. The lowest BCUT2D eigenvalue weighted by molar-refractivity contribution is -0.0861. The summed E-state index contributed by atoms with van der Waals surface area (Å²) >= 11 is 0. The van der Waals surface area contributed by atoms with Crippen molar-refractivity contribution in [2.75, 3.05) is 0 Å². The molecule has 0 atom stereocenters. The Balaban J connectivity index is 1.81. The molecule has 1 radical (unpaired) electrons. The largest absolute Gasteiger partial charge is 0.460 e. The second kappa shape index (κ2) is 5.24. The van der Waals surface area contributed by atoms with E-state index in [0.717, 1.165) is 37.2 Å². The number of rotatable bonds is 5. The maximum absolute atomic E-state index is 5.76. The van der Waals surface area contributed by atoms with Crippen LogP contribution in [0, 0.1) is 6.92 Å². The van der Waals surface area contributed by atoms with Crippen molar-refractivity contribution in [3.05, 3.63) is 30.6 Å². The van der Waals surface area contributed by atoms with Crippen molar-refractivity contribution >= 4 is 0 Å². The van der Waals surface area contributed by atoms with Crippen LogP contribution < -0.4 is 0 Å². The quantitative estimate of drug-likeness (QED) is 0.640. The predicted octanol–water partition coefficient (Wildman–Crippen LogP) is 3.71. The summed E-state index contributed by atoms with van der Waals surface area (Å²) in [5.41, 5.74) is 0. The maximum atomic E-state index is 5.76. The Morgan fingerprint density at radius 3 is 1.93 bits per heavy atom. The van der Waals surface area contributed by atoms with Crippen LogP contribution in [0.4, 0.5) is 0 Å². The lowest BCUT2D eigenvalue weighted by Gasteiger charge is -2.20. The Morgan fingerprint density at radius 2 is 1.60 bits per heavy atom. The molecule has 15 heavy (non-hydrogen) atoms. The average Bonchev–Trinajstić information content (AvgIpc) is 2.89. The van der Waals surface area contributed by atoms with E-state index >= 15 is 0 Å². The monoisotopic (exact) mass is 207 g/mol. The van der Waals surface area contributed by atoms with Crippen molar-refractivity contribution in [3.63, 3.8) is 0 Å². The molecule has 0 fully saturated rings. The molecule has 0 saturated carbocycles. The van der Waals surface area contributed by atoms with Crippen LogP contribution >= 0.6 is 0 Å². The van der Waals surface area contributed by atoms with E-state index in [0.29, 0.717) is 6.42 Å². The summed E-state index contributed by atoms with van der Waals surface area (Å²) in [7, 11) is 0. The third-order valence-corrected chi connectivity index (χ3v) is 2.80. The highest BCUT2D eigenvalue weighted by Crippen LogP contribution is 2.25. The number of hydrogen-bond donors (Lipinski definition) is 0. The molecule has 0 aliphatic heterocycles. The molecular formula is C13H19O2. The van der Waals surface area contributed by atoms with Crippen molar-refractivity contribution in [3.8, 4) is 0 Å². The molecule has 0 amide bonds. The standard InChI is InChI=1S/C13H19O2/c1-2-13(14-11-7-3-4-8-11)15-12-9-5-6-10-12/h7,9,13H,1-6,8,10H2. The fourth-order valence-corrected chi connectivity index (χ4v) is 1.98. The van der Waals surface area contributed by atoms with Crippen LogP contribution in [0.3, 0.4) is 0 Å². The molecule has 2 aliphatic rings. The Hall–Kier alpha value is -0.920. The fourth-order valence-electron chi connectivity index (χ4n) is 1.98. The number of ether oxygens (including phenoxy) is 2. The third-order valence-electron chi connectivity index (χ3n) is 2.80. The van der Waals surface area contributed by atoms with E-state index in [-0.39, 0.29) is 6.29 Å². The molecule has 0 spiro atoms. The first kappa shape index (κ1) is 10.6. The van der Waals surface area contributed by atoms with Crippen molar-refractivity contribution < 1.29 is 9.47 Å². The van der Waals surface area contributed by atoms with E-state index < -0.39 is 0 Å². The summed E-state index contributed by atoms with van der Waals surface area (Å²) in [5.74, 6) is 2.17. The van der Waals surface area contributed by atoms with Crippen LogP contribution in [-0.4, -0.2) is 6.29 Å². The zero-order valence-corrected chi connectivity index (χ0v) is 9.21. The van der Waals surface area contributed by atoms with E-state index in [9.17, 15) is 0 Å². The van der Waals surface area contributed by atoms with E-state index in [4.69, 9.17) is 9.47 Å². The van der Waals surface area contributed by atoms with Crippen LogP contribution in [0.5, 0.6) is 0 Å². The van der Waals surface area contributed by atoms with Crippen LogP contribution in [-0.2, 0) is 9.47 Å². The minimum atomic E-state index is -0.182. The first-order valence-electron chi connectivity index (χ1n) is 5.89. The summed E-state index contributed by atoms with van der Waals surface area (Å²) in [6.07, 6.45) is 11.6. The summed E-state index contributed by atoms with van der Waals surface area (Å²) in [6, 6.07) is 0. The van der Waals surface area contributed by atoms with Crippen LogP contribution in [0.25, 0.3) is 0 Å². The van der Waals surface area contributed by atoms with Gasteiger partial charge < -0.3 is 9.47 Å². The molecule has 2 rings (SSSR count).